The minimum Gasteiger partial charge on any atom is -0.451 e. The topological polar surface area (TPSA) is 82.4 Å². The summed E-state index contributed by atoms with van der Waals surface area (Å²) in [6.07, 6.45) is 3.69. The lowest BCUT2D eigenvalue weighted by molar-refractivity contribution is -0.144. The fraction of sp³-hybridized carbons (Fsp3) is 0.421. The molecule has 6 nitrogen and oxygen atoms in total. The molecule has 1 amide bonds. The Kier molecular flexibility index (Phi) is 6.18. The van der Waals surface area contributed by atoms with Gasteiger partial charge in [-0.3, -0.25) is 4.79 Å². The number of anilines is 1. The van der Waals surface area contributed by atoms with Crippen LogP contribution in [0.3, 0.4) is 0 Å². The third-order valence-corrected chi connectivity index (χ3v) is 4.11. The van der Waals surface area contributed by atoms with E-state index in [1.807, 2.05) is 56.3 Å². The van der Waals surface area contributed by atoms with Crippen molar-refractivity contribution in [1.82, 2.24) is 5.32 Å². The molecule has 2 rings (SSSR count). The van der Waals surface area contributed by atoms with Gasteiger partial charge in [-0.2, -0.15) is 5.26 Å². The van der Waals surface area contributed by atoms with Crippen LogP contribution < -0.4 is 10.2 Å². The van der Waals surface area contributed by atoms with Crippen molar-refractivity contribution in [1.29, 1.82) is 5.26 Å². The Bertz CT molecular complexity index is 698. The van der Waals surface area contributed by atoms with E-state index in [2.05, 4.69) is 5.32 Å². The van der Waals surface area contributed by atoms with Crippen LogP contribution in [-0.4, -0.2) is 38.6 Å². The second-order valence-corrected chi connectivity index (χ2v) is 6.43. The van der Waals surface area contributed by atoms with E-state index in [4.69, 9.17) is 10.00 Å². The Balaban J connectivity index is 1.91. The fourth-order valence-electron chi connectivity index (χ4n) is 2.39. The average molecular weight is 341 g/mol. The number of nitriles is 1. The van der Waals surface area contributed by atoms with E-state index < -0.39 is 5.97 Å². The summed E-state index contributed by atoms with van der Waals surface area (Å²) >= 11 is 0. The van der Waals surface area contributed by atoms with Gasteiger partial charge in [-0.05, 0) is 49.5 Å². The number of nitrogens with zero attached hydrogens (tertiary/aromatic N) is 2. The number of hydrogen-bond donors (Lipinski definition) is 1. The lowest BCUT2D eigenvalue weighted by Gasteiger charge is -2.12. The Labute approximate surface area is 148 Å². The number of ether oxygens (including phenoxy) is 1. The molecule has 1 saturated carbocycles. The van der Waals surface area contributed by atoms with Crippen molar-refractivity contribution in [2.45, 2.75) is 25.8 Å². The van der Waals surface area contributed by atoms with Crippen LogP contribution in [-0.2, 0) is 14.3 Å². The predicted molar refractivity (Wildman–Crippen MR) is 95.6 cm³/mol. The lowest BCUT2D eigenvalue weighted by Crippen LogP contribution is -2.37. The van der Waals surface area contributed by atoms with E-state index in [1.165, 1.54) is 6.08 Å². The van der Waals surface area contributed by atoms with E-state index in [9.17, 15) is 9.59 Å². The summed E-state index contributed by atoms with van der Waals surface area (Å²) in [7, 11) is 3.86. The maximum Gasteiger partial charge on any atom is 0.349 e. The summed E-state index contributed by atoms with van der Waals surface area (Å²) in [6, 6.07) is 9.31. The van der Waals surface area contributed by atoms with Crippen molar-refractivity contribution >= 4 is 23.6 Å². The van der Waals surface area contributed by atoms with E-state index in [0.29, 0.717) is 11.5 Å². The first-order valence-electron chi connectivity index (χ1n) is 8.26. The number of carbonyl (C=O) groups is 2. The average Bonchev–Trinajstić information content (AvgIpc) is 3.43. The summed E-state index contributed by atoms with van der Waals surface area (Å²) in [4.78, 5) is 25.7. The molecule has 1 atom stereocenters. The van der Waals surface area contributed by atoms with Gasteiger partial charge in [0.1, 0.15) is 11.6 Å². The molecule has 132 valence electrons. The lowest BCUT2D eigenvalue weighted by atomic mass is 10.1. The molecule has 1 aliphatic carbocycles. The second-order valence-electron chi connectivity index (χ2n) is 6.43. The van der Waals surface area contributed by atoms with Gasteiger partial charge in [0.05, 0.1) is 0 Å². The first-order valence-corrected chi connectivity index (χ1v) is 8.26. The molecule has 1 N–H and O–H groups in total. The smallest absolute Gasteiger partial charge is 0.349 e. The molecule has 1 aromatic carbocycles. The Morgan fingerprint density at radius 2 is 2.00 bits per heavy atom. The zero-order valence-corrected chi connectivity index (χ0v) is 14.8. The Morgan fingerprint density at radius 1 is 1.36 bits per heavy atom. The molecule has 25 heavy (non-hydrogen) atoms. The minimum absolute atomic E-state index is 0.0902. The highest BCUT2D eigenvalue weighted by Crippen LogP contribution is 2.32. The molecule has 6 heteroatoms. The van der Waals surface area contributed by atoms with Crippen LogP contribution in [0.25, 0.3) is 6.08 Å². The van der Waals surface area contributed by atoms with Gasteiger partial charge >= 0.3 is 5.97 Å². The summed E-state index contributed by atoms with van der Waals surface area (Å²) in [5.74, 6) is -0.617. The van der Waals surface area contributed by atoms with E-state index in [0.717, 1.165) is 18.5 Å². The molecule has 0 heterocycles. The van der Waals surface area contributed by atoms with Crippen molar-refractivity contribution in [2.75, 3.05) is 25.6 Å². The minimum atomic E-state index is -0.798. The van der Waals surface area contributed by atoms with Gasteiger partial charge in [-0.15, -0.1) is 0 Å². The molecule has 1 aliphatic rings. The highest BCUT2D eigenvalue weighted by molar-refractivity contribution is 5.98. The van der Waals surface area contributed by atoms with E-state index >= 15 is 0 Å². The molecule has 0 bridgehead atoms. The molecule has 1 fully saturated rings. The monoisotopic (exact) mass is 341 g/mol. The zero-order chi connectivity index (χ0) is 18.4. The van der Waals surface area contributed by atoms with Gasteiger partial charge in [0, 0.05) is 25.8 Å². The molecule has 0 unspecified atom stereocenters. The van der Waals surface area contributed by atoms with Crippen LogP contribution in [0.1, 0.15) is 25.3 Å². The molecule has 1 aromatic rings. The third kappa shape index (κ3) is 5.64. The normalized spacial score (nSPS) is 15.0. The third-order valence-electron chi connectivity index (χ3n) is 4.11. The van der Waals surface area contributed by atoms with Crippen molar-refractivity contribution in [3.63, 3.8) is 0 Å². The Morgan fingerprint density at radius 3 is 2.52 bits per heavy atom. The first-order chi connectivity index (χ1) is 11.9. The SMILES string of the molecule is C[C@@H](NC(=O)COC(=O)/C(C#N)=C/c1ccc(N(C)C)cc1)C1CC1. The molecule has 0 radical (unpaired) electrons. The Hall–Kier alpha value is -2.81. The number of benzene rings is 1. The summed E-state index contributed by atoms with van der Waals surface area (Å²) in [6.45, 7) is 1.56. The van der Waals surface area contributed by atoms with Crippen LogP contribution in [0.15, 0.2) is 29.8 Å². The molecular weight excluding hydrogens is 318 g/mol. The van der Waals surface area contributed by atoms with Crippen LogP contribution in [0.4, 0.5) is 5.69 Å². The first kappa shape index (κ1) is 18.5. The van der Waals surface area contributed by atoms with Crippen molar-refractivity contribution in [2.24, 2.45) is 5.92 Å². The number of carbonyl (C=O) groups excluding carboxylic acids is 2. The summed E-state index contributed by atoms with van der Waals surface area (Å²) in [5.41, 5.74) is 1.59. The maximum atomic E-state index is 12.0. The number of nitrogens with one attached hydrogen (secondary N) is 1. The molecule has 0 aromatic heterocycles. The summed E-state index contributed by atoms with van der Waals surface area (Å²) in [5, 5.41) is 12.0. The number of rotatable bonds is 7. The van der Waals surface area contributed by atoms with Gasteiger partial charge in [-0.1, -0.05) is 12.1 Å². The van der Waals surface area contributed by atoms with Crippen LogP contribution in [0, 0.1) is 17.2 Å². The summed E-state index contributed by atoms with van der Waals surface area (Å²) < 4.78 is 4.94. The van der Waals surface area contributed by atoms with Gasteiger partial charge in [-0.25, -0.2) is 4.79 Å². The number of hydrogen-bond acceptors (Lipinski definition) is 5. The fourth-order valence-corrected chi connectivity index (χ4v) is 2.39. The van der Waals surface area contributed by atoms with Crippen LogP contribution in [0.2, 0.25) is 0 Å². The maximum absolute atomic E-state index is 12.0. The predicted octanol–water partition coefficient (Wildman–Crippen LogP) is 2.12. The molecule has 0 spiro atoms. The van der Waals surface area contributed by atoms with Crippen molar-refractivity contribution < 1.29 is 14.3 Å². The molecule has 0 saturated heterocycles. The zero-order valence-electron chi connectivity index (χ0n) is 14.8. The van der Waals surface area contributed by atoms with Gasteiger partial charge in [0.25, 0.3) is 5.91 Å². The standard InChI is InChI=1S/C19H23N3O3/c1-13(15-6-7-15)21-18(23)12-25-19(24)16(11-20)10-14-4-8-17(9-5-14)22(2)3/h4-5,8-10,13,15H,6-7,12H2,1-3H3,(H,21,23)/b16-10+/t13-/m1/s1. The van der Waals surface area contributed by atoms with Gasteiger partial charge in [0.15, 0.2) is 6.61 Å². The van der Waals surface area contributed by atoms with Crippen molar-refractivity contribution in [3.8, 4) is 6.07 Å². The highest BCUT2D eigenvalue weighted by Gasteiger charge is 2.29. The van der Waals surface area contributed by atoms with E-state index in [1.54, 1.807) is 0 Å². The van der Waals surface area contributed by atoms with Crippen LogP contribution >= 0.6 is 0 Å². The number of esters is 1. The van der Waals surface area contributed by atoms with Crippen LogP contribution in [0.5, 0.6) is 0 Å². The molecular formula is C19H23N3O3. The van der Waals surface area contributed by atoms with Gasteiger partial charge < -0.3 is 15.0 Å². The number of amides is 1. The van der Waals surface area contributed by atoms with Gasteiger partial charge in [0.2, 0.25) is 0 Å². The second kappa shape index (κ2) is 8.34. The largest absolute Gasteiger partial charge is 0.451 e. The van der Waals surface area contributed by atoms with Crippen molar-refractivity contribution in [3.05, 3.63) is 35.4 Å². The quantitative estimate of drug-likeness (QED) is 0.467. The highest BCUT2D eigenvalue weighted by atomic mass is 16.5. The van der Waals surface area contributed by atoms with E-state index in [-0.39, 0.29) is 24.1 Å². The molecule has 0 aliphatic heterocycles.